The number of benzene rings is 1. The minimum Gasteiger partial charge on any atom is -0.435 e. The maximum absolute atomic E-state index is 12.2. The van der Waals surface area contributed by atoms with Gasteiger partial charge in [-0.3, -0.25) is 4.79 Å². The smallest absolute Gasteiger partial charge is 0.387 e. The van der Waals surface area contributed by atoms with E-state index in [9.17, 15) is 13.6 Å². The Kier molecular flexibility index (Phi) is 7.76. The molecule has 1 aromatic carbocycles. The average Bonchev–Trinajstić information content (AvgIpc) is 2.37. The van der Waals surface area contributed by atoms with Crippen molar-refractivity contribution in [2.45, 2.75) is 40.0 Å². The summed E-state index contributed by atoms with van der Waals surface area (Å²) in [5.74, 6) is -0.0653. The number of carbonyl (C=O) groups excluding carboxylic acids is 1. The van der Waals surface area contributed by atoms with E-state index in [-0.39, 0.29) is 29.5 Å². The normalized spacial score (nSPS) is 12.5. The highest BCUT2D eigenvalue weighted by atomic mass is 35.5. The fourth-order valence-electron chi connectivity index (χ4n) is 1.74. The summed E-state index contributed by atoms with van der Waals surface area (Å²) in [6.45, 7) is 3.22. The molecule has 0 aliphatic carbocycles. The summed E-state index contributed by atoms with van der Waals surface area (Å²) in [5.41, 5.74) is 6.43. The lowest BCUT2D eigenvalue weighted by Crippen LogP contribution is -2.48. The molecule has 7 heteroatoms. The number of amides is 1. The Morgan fingerprint density at radius 2 is 1.77 bits per heavy atom. The van der Waals surface area contributed by atoms with Crippen molar-refractivity contribution in [1.29, 1.82) is 0 Å². The molecule has 1 atom stereocenters. The van der Waals surface area contributed by atoms with Gasteiger partial charge >= 0.3 is 6.61 Å². The number of nitrogens with zero attached hydrogens (tertiary/aromatic N) is 1. The SMILES string of the molecule is CN(Cc1ccc(OC(F)F)cc1)C(=O)[C@@H](N)C(C)(C)C.Cl. The number of halogens is 3. The van der Waals surface area contributed by atoms with Crippen LogP contribution in [-0.4, -0.2) is 30.5 Å². The summed E-state index contributed by atoms with van der Waals surface area (Å²) in [6, 6.07) is 5.59. The Hall–Kier alpha value is -1.40. The van der Waals surface area contributed by atoms with Crippen LogP contribution in [0.4, 0.5) is 8.78 Å². The van der Waals surface area contributed by atoms with E-state index in [1.165, 1.54) is 17.0 Å². The zero-order chi connectivity index (χ0) is 16.2. The zero-order valence-corrected chi connectivity index (χ0v) is 14.0. The summed E-state index contributed by atoms with van der Waals surface area (Å²) >= 11 is 0. The Labute approximate surface area is 136 Å². The Bertz CT molecular complexity index is 475. The van der Waals surface area contributed by atoms with Crippen LogP contribution in [0, 0.1) is 5.41 Å². The molecular weight excluding hydrogens is 314 g/mol. The second-order valence-corrected chi connectivity index (χ2v) is 6.06. The van der Waals surface area contributed by atoms with Gasteiger partial charge in [-0.15, -0.1) is 12.4 Å². The van der Waals surface area contributed by atoms with Crippen LogP contribution in [0.2, 0.25) is 0 Å². The van der Waals surface area contributed by atoms with Crippen molar-refractivity contribution >= 4 is 18.3 Å². The zero-order valence-electron chi connectivity index (χ0n) is 13.2. The number of hydrogen-bond acceptors (Lipinski definition) is 3. The predicted octanol–water partition coefficient (Wildman–Crippen LogP) is 3.04. The largest absolute Gasteiger partial charge is 0.435 e. The van der Waals surface area contributed by atoms with E-state index in [0.29, 0.717) is 6.54 Å². The summed E-state index contributed by atoms with van der Waals surface area (Å²) in [7, 11) is 1.66. The quantitative estimate of drug-likeness (QED) is 0.899. The minimum atomic E-state index is -2.84. The van der Waals surface area contributed by atoms with Gasteiger partial charge in [-0.2, -0.15) is 8.78 Å². The number of alkyl halides is 2. The minimum absolute atomic E-state index is 0. The van der Waals surface area contributed by atoms with Gasteiger partial charge in [-0.1, -0.05) is 32.9 Å². The fraction of sp³-hybridized carbons (Fsp3) is 0.533. The van der Waals surface area contributed by atoms with Gasteiger partial charge in [0.1, 0.15) is 5.75 Å². The van der Waals surface area contributed by atoms with Crippen LogP contribution in [0.25, 0.3) is 0 Å². The first kappa shape index (κ1) is 20.6. The first-order valence-corrected chi connectivity index (χ1v) is 6.65. The number of hydrogen-bond donors (Lipinski definition) is 1. The van der Waals surface area contributed by atoms with Crippen LogP contribution in [0.1, 0.15) is 26.3 Å². The summed E-state index contributed by atoms with van der Waals surface area (Å²) in [4.78, 5) is 13.7. The molecule has 22 heavy (non-hydrogen) atoms. The van der Waals surface area contributed by atoms with Gasteiger partial charge < -0.3 is 15.4 Å². The lowest BCUT2D eigenvalue weighted by molar-refractivity contribution is -0.134. The molecule has 1 aromatic rings. The van der Waals surface area contributed by atoms with Crippen molar-refractivity contribution in [1.82, 2.24) is 4.90 Å². The van der Waals surface area contributed by atoms with E-state index in [0.717, 1.165) is 5.56 Å². The van der Waals surface area contributed by atoms with Crippen LogP contribution in [-0.2, 0) is 11.3 Å². The molecular formula is C15H23ClF2N2O2. The van der Waals surface area contributed by atoms with Gasteiger partial charge in [0, 0.05) is 13.6 Å². The van der Waals surface area contributed by atoms with Crippen molar-refractivity contribution in [2.75, 3.05) is 7.05 Å². The van der Waals surface area contributed by atoms with E-state index < -0.39 is 12.7 Å². The van der Waals surface area contributed by atoms with Gasteiger partial charge in [0.05, 0.1) is 6.04 Å². The third-order valence-electron chi connectivity index (χ3n) is 3.14. The second-order valence-electron chi connectivity index (χ2n) is 6.06. The van der Waals surface area contributed by atoms with E-state index in [1.807, 2.05) is 20.8 Å². The van der Waals surface area contributed by atoms with Crippen molar-refractivity contribution in [2.24, 2.45) is 11.1 Å². The third-order valence-corrected chi connectivity index (χ3v) is 3.14. The maximum atomic E-state index is 12.2. The highest BCUT2D eigenvalue weighted by Gasteiger charge is 2.29. The fourth-order valence-corrected chi connectivity index (χ4v) is 1.74. The predicted molar refractivity (Wildman–Crippen MR) is 84.2 cm³/mol. The summed E-state index contributed by atoms with van der Waals surface area (Å²) in [5, 5.41) is 0. The van der Waals surface area contributed by atoms with Crippen LogP contribution in [0.3, 0.4) is 0 Å². The Morgan fingerprint density at radius 1 is 1.27 bits per heavy atom. The van der Waals surface area contributed by atoms with Crippen LogP contribution in [0.5, 0.6) is 5.75 Å². The molecule has 2 N–H and O–H groups in total. The molecule has 0 aliphatic rings. The van der Waals surface area contributed by atoms with Crippen LogP contribution in [0.15, 0.2) is 24.3 Å². The molecule has 0 aromatic heterocycles. The third kappa shape index (κ3) is 6.15. The number of likely N-dealkylation sites (N-methyl/N-ethyl adjacent to an activating group) is 1. The molecule has 0 fully saturated rings. The Morgan fingerprint density at radius 3 is 2.18 bits per heavy atom. The molecule has 1 rings (SSSR count). The Balaban J connectivity index is 0.00000441. The lowest BCUT2D eigenvalue weighted by Gasteiger charge is -2.30. The van der Waals surface area contributed by atoms with Gasteiger partial charge in [-0.05, 0) is 23.1 Å². The molecule has 0 aliphatic heterocycles. The van der Waals surface area contributed by atoms with E-state index in [4.69, 9.17) is 5.73 Å². The van der Waals surface area contributed by atoms with Gasteiger partial charge in [0.25, 0.3) is 0 Å². The highest BCUT2D eigenvalue weighted by Crippen LogP contribution is 2.20. The first-order valence-electron chi connectivity index (χ1n) is 6.65. The monoisotopic (exact) mass is 336 g/mol. The molecule has 126 valence electrons. The molecule has 0 unspecified atom stereocenters. The van der Waals surface area contributed by atoms with E-state index in [2.05, 4.69) is 4.74 Å². The lowest BCUT2D eigenvalue weighted by atomic mass is 9.86. The van der Waals surface area contributed by atoms with E-state index in [1.54, 1.807) is 19.2 Å². The molecule has 0 spiro atoms. The van der Waals surface area contributed by atoms with Gasteiger partial charge in [-0.25, -0.2) is 0 Å². The molecule has 0 radical (unpaired) electrons. The van der Waals surface area contributed by atoms with Crippen LogP contribution >= 0.6 is 12.4 Å². The van der Waals surface area contributed by atoms with Crippen molar-refractivity contribution in [3.8, 4) is 5.75 Å². The molecule has 0 bridgehead atoms. The van der Waals surface area contributed by atoms with Crippen molar-refractivity contribution < 1.29 is 18.3 Å². The molecule has 1 amide bonds. The van der Waals surface area contributed by atoms with Gasteiger partial charge in [0.2, 0.25) is 5.91 Å². The maximum Gasteiger partial charge on any atom is 0.387 e. The van der Waals surface area contributed by atoms with Crippen molar-refractivity contribution in [3.63, 3.8) is 0 Å². The molecule has 4 nitrogen and oxygen atoms in total. The number of ether oxygens (including phenoxy) is 1. The molecule has 0 saturated heterocycles. The second kappa shape index (κ2) is 8.29. The van der Waals surface area contributed by atoms with E-state index >= 15 is 0 Å². The average molecular weight is 337 g/mol. The molecule has 0 saturated carbocycles. The van der Waals surface area contributed by atoms with Gasteiger partial charge in [0.15, 0.2) is 0 Å². The number of nitrogens with two attached hydrogens (primary N) is 1. The number of carbonyl (C=O) groups is 1. The number of rotatable bonds is 5. The standard InChI is InChI=1S/C15H22F2N2O2.ClH/c1-15(2,3)12(18)13(20)19(4)9-10-5-7-11(8-6-10)21-14(16)17;/h5-8,12,14H,9,18H2,1-4H3;1H/t12-;/m1./s1. The van der Waals surface area contributed by atoms with Crippen molar-refractivity contribution in [3.05, 3.63) is 29.8 Å². The molecule has 0 heterocycles. The van der Waals surface area contributed by atoms with Crippen LogP contribution < -0.4 is 10.5 Å². The first-order chi connectivity index (χ1) is 9.61. The topological polar surface area (TPSA) is 55.6 Å². The summed E-state index contributed by atoms with van der Waals surface area (Å²) < 4.78 is 28.4. The highest BCUT2D eigenvalue weighted by molar-refractivity contribution is 5.85. The summed E-state index contributed by atoms with van der Waals surface area (Å²) in [6.07, 6.45) is 0.